The van der Waals surface area contributed by atoms with Crippen LogP contribution in [-0.2, 0) is 0 Å². The van der Waals surface area contributed by atoms with E-state index in [-0.39, 0.29) is 16.9 Å². The first-order valence-corrected chi connectivity index (χ1v) is 6.04. The van der Waals surface area contributed by atoms with Crippen LogP contribution in [0.3, 0.4) is 0 Å². The molecule has 0 fully saturated rings. The van der Waals surface area contributed by atoms with Gasteiger partial charge in [-0.1, -0.05) is 23.2 Å². The summed E-state index contributed by atoms with van der Waals surface area (Å²) in [5, 5.41) is 3.10. The summed E-state index contributed by atoms with van der Waals surface area (Å²) in [6.07, 6.45) is 0. The third-order valence-electron chi connectivity index (χ3n) is 2.43. The van der Waals surface area contributed by atoms with Gasteiger partial charge in [0, 0.05) is 10.6 Å². The number of nitrogens with one attached hydrogen (secondary N) is 1. The average Bonchev–Trinajstić information content (AvgIpc) is 2.37. The van der Waals surface area contributed by atoms with Crippen LogP contribution in [0.1, 0.15) is 10.4 Å². The minimum atomic E-state index is -0.570. The molecule has 0 aromatic heterocycles. The average molecular weight is 299 g/mol. The van der Waals surface area contributed by atoms with Gasteiger partial charge in [-0.2, -0.15) is 0 Å². The Hall–Kier alpha value is -1.78. The number of rotatable bonds is 2. The highest BCUT2D eigenvalue weighted by molar-refractivity contribution is 6.33. The first-order valence-electron chi connectivity index (χ1n) is 5.29. The van der Waals surface area contributed by atoms with Crippen molar-refractivity contribution >= 4 is 40.5 Å². The van der Waals surface area contributed by atoms with E-state index in [1.807, 2.05) is 0 Å². The Bertz CT molecular complexity index is 647. The predicted octanol–water partition coefficient (Wildman–Crippen LogP) is 3.97. The summed E-state index contributed by atoms with van der Waals surface area (Å²) in [5.74, 6) is -1.07. The monoisotopic (exact) mass is 298 g/mol. The number of carbonyl (C=O) groups is 1. The molecule has 98 valence electrons. The Morgan fingerprint density at radius 3 is 2.58 bits per heavy atom. The van der Waals surface area contributed by atoms with Crippen LogP contribution in [0.4, 0.5) is 15.8 Å². The van der Waals surface area contributed by atoms with E-state index in [4.69, 9.17) is 28.9 Å². The van der Waals surface area contributed by atoms with Gasteiger partial charge in [0.2, 0.25) is 0 Å². The molecule has 0 aliphatic heterocycles. The van der Waals surface area contributed by atoms with Gasteiger partial charge < -0.3 is 11.1 Å². The number of carbonyl (C=O) groups excluding carboxylic acids is 1. The van der Waals surface area contributed by atoms with Gasteiger partial charge in [0.05, 0.1) is 16.4 Å². The first kappa shape index (κ1) is 13.6. The van der Waals surface area contributed by atoms with Crippen molar-refractivity contribution in [2.75, 3.05) is 11.1 Å². The molecule has 0 spiro atoms. The summed E-state index contributed by atoms with van der Waals surface area (Å²) in [4.78, 5) is 11.9. The van der Waals surface area contributed by atoms with Crippen LogP contribution in [0.15, 0.2) is 36.4 Å². The van der Waals surface area contributed by atoms with Crippen molar-refractivity contribution in [1.82, 2.24) is 0 Å². The Labute approximate surface area is 119 Å². The fourth-order valence-electron chi connectivity index (χ4n) is 1.47. The molecule has 0 heterocycles. The summed E-state index contributed by atoms with van der Waals surface area (Å²) in [6.45, 7) is 0. The number of hydrogen-bond acceptors (Lipinski definition) is 2. The molecular formula is C13H9Cl2FN2O. The van der Waals surface area contributed by atoms with Gasteiger partial charge in [-0.3, -0.25) is 4.79 Å². The molecule has 2 aromatic rings. The van der Waals surface area contributed by atoms with Crippen molar-refractivity contribution in [1.29, 1.82) is 0 Å². The van der Waals surface area contributed by atoms with E-state index in [0.717, 1.165) is 0 Å². The highest BCUT2D eigenvalue weighted by Crippen LogP contribution is 2.22. The van der Waals surface area contributed by atoms with Gasteiger partial charge in [0.1, 0.15) is 5.82 Å². The Morgan fingerprint density at radius 2 is 1.89 bits per heavy atom. The number of anilines is 2. The zero-order chi connectivity index (χ0) is 14.0. The lowest BCUT2D eigenvalue weighted by atomic mass is 10.2. The SMILES string of the molecule is Nc1cc(C(=O)Nc2cc(Cl)ccc2F)ccc1Cl. The number of hydrogen-bond donors (Lipinski definition) is 2. The Balaban J connectivity index is 2.25. The molecule has 0 aliphatic carbocycles. The van der Waals surface area contributed by atoms with E-state index < -0.39 is 11.7 Å². The third-order valence-corrected chi connectivity index (χ3v) is 3.01. The van der Waals surface area contributed by atoms with Crippen LogP contribution < -0.4 is 11.1 Å². The molecule has 0 aliphatic rings. The van der Waals surface area contributed by atoms with Crippen molar-refractivity contribution in [3.8, 4) is 0 Å². The van der Waals surface area contributed by atoms with E-state index in [0.29, 0.717) is 10.0 Å². The lowest BCUT2D eigenvalue weighted by Gasteiger charge is -2.08. The standard InChI is InChI=1S/C13H9Cl2FN2O/c14-8-2-4-10(16)12(6-8)18-13(19)7-1-3-9(15)11(17)5-7/h1-6H,17H2,(H,18,19). The maximum absolute atomic E-state index is 13.5. The van der Waals surface area contributed by atoms with Crippen LogP contribution in [0.5, 0.6) is 0 Å². The zero-order valence-electron chi connectivity index (χ0n) is 9.58. The van der Waals surface area contributed by atoms with Crippen molar-refractivity contribution < 1.29 is 9.18 Å². The van der Waals surface area contributed by atoms with E-state index >= 15 is 0 Å². The largest absolute Gasteiger partial charge is 0.398 e. The molecule has 0 saturated heterocycles. The molecule has 0 atom stereocenters. The Morgan fingerprint density at radius 1 is 1.16 bits per heavy atom. The second kappa shape index (κ2) is 5.47. The maximum Gasteiger partial charge on any atom is 0.255 e. The normalized spacial score (nSPS) is 10.3. The number of halogens is 3. The van der Waals surface area contributed by atoms with Crippen LogP contribution in [0, 0.1) is 5.82 Å². The lowest BCUT2D eigenvalue weighted by Crippen LogP contribution is -2.13. The van der Waals surface area contributed by atoms with E-state index in [1.165, 1.54) is 36.4 Å². The van der Waals surface area contributed by atoms with Gasteiger partial charge in [-0.15, -0.1) is 0 Å². The molecule has 19 heavy (non-hydrogen) atoms. The fraction of sp³-hybridized carbons (Fsp3) is 0. The molecule has 1 amide bonds. The van der Waals surface area contributed by atoms with Crippen LogP contribution in [0.2, 0.25) is 10.0 Å². The summed E-state index contributed by atoms with van der Waals surface area (Å²) < 4.78 is 13.5. The second-order valence-electron chi connectivity index (χ2n) is 3.81. The van der Waals surface area contributed by atoms with Crippen LogP contribution in [0.25, 0.3) is 0 Å². The molecular weight excluding hydrogens is 290 g/mol. The quantitative estimate of drug-likeness (QED) is 0.824. The molecule has 0 bridgehead atoms. The number of amides is 1. The summed E-state index contributed by atoms with van der Waals surface area (Å²) in [6, 6.07) is 8.31. The van der Waals surface area contributed by atoms with Gasteiger partial charge >= 0.3 is 0 Å². The van der Waals surface area contributed by atoms with Crippen LogP contribution >= 0.6 is 23.2 Å². The van der Waals surface area contributed by atoms with Crippen molar-refractivity contribution in [2.45, 2.75) is 0 Å². The third kappa shape index (κ3) is 3.16. The molecule has 3 nitrogen and oxygen atoms in total. The highest BCUT2D eigenvalue weighted by Gasteiger charge is 2.11. The molecule has 0 unspecified atom stereocenters. The predicted molar refractivity (Wildman–Crippen MR) is 75.2 cm³/mol. The topological polar surface area (TPSA) is 55.1 Å². The minimum absolute atomic E-state index is 0.00558. The van der Waals surface area contributed by atoms with Crippen molar-refractivity contribution in [2.24, 2.45) is 0 Å². The van der Waals surface area contributed by atoms with Gasteiger partial charge in [0.15, 0.2) is 0 Å². The summed E-state index contributed by atoms with van der Waals surface area (Å²) in [7, 11) is 0. The number of nitrogens with two attached hydrogens (primary N) is 1. The van der Waals surface area contributed by atoms with Crippen LogP contribution in [-0.4, -0.2) is 5.91 Å². The van der Waals surface area contributed by atoms with Crippen molar-refractivity contribution in [3.63, 3.8) is 0 Å². The molecule has 2 aromatic carbocycles. The zero-order valence-corrected chi connectivity index (χ0v) is 11.1. The number of nitrogen functional groups attached to an aromatic ring is 1. The molecule has 6 heteroatoms. The fourth-order valence-corrected chi connectivity index (χ4v) is 1.76. The molecule has 0 radical (unpaired) electrons. The van der Waals surface area contributed by atoms with Gasteiger partial charge in [-0.25, -0.2) is 4.39 Å². The van der Waals surface area contributed by atoms with Gasteiger partial charge in [-0.05, 0) is 36.4 Å². The molecule has 2 rings (SSSR count). The second-order valence-corrected chi connectivity index (χ2v) is 4.66. The summed E-state index contributed by atoms with van der Waals surface area (Å²) in [5.41, 5.74) is 6.16. The maximum atomic E-state index is 13.5. The smallest absolute Gasteiger partial charge is 0.255 e. The minimum Gasteiger partial charge on any atom is -0.398 e. The van der Waals surface area contributed by atoms with Crippen molar-refractivity contribution in [3.05, 3.63) is 57.8 Å². The number of benzene rings is 2. The van der Waals surface area contributed by atoms with E-state index in [2.05, 4.69) is 5.32 Å². The molecule has 3 N–H and O–H groups in total. The first-order chi connectivity index (χ1) is 8.97. The van der Waals surface area contributed by atoms with E-state index in [9.17, 15) is 9.18 Å². The van der Waals surface area contributed by atoms with E-state index in [1.54, 1.807) is 0 Å². The molecule has 0 saturated carbocycles. The summed E-state index contributed by atoms with van der Waals surface area (Å²) >= 11 is 11.5. The highest BCUT2D eigenvalue weighted by atomic mass is 35.5. The Kier molecular flexibility index (Phi) is 3.93. The van der Waals surface area contributed by atoms with Gasteiger partial charge in [0.25, 0.3) is 5.91 Å². The lowest BCUT2D eigenvalue weighted by molar-refractivity contribution is 0.102.